The number of hydrogen-bond acceptors (Lipinski definition) is 2. The molecule has 0 amide bonds. The van der Waals surface area contributed by atoms with Crippen molar-refractivity contribution in [3.8, 4) is 0 Å². The van der Waals surface area contributed by atoms with E-state index in [1.807, 2.05) is 0 Å². The fourth-order valence-electron chi connectivity index (χ4n) is 4.38. The number of nitrogens with one attached hydrogen (secondary N) is 1. The van der Waals surface area contributed by atoms with Crippen LogP contribution in [0, 0.1) is 5.41 Å². The lowest BCUT2D eigenvalue weighted by Crippen LogP contribution is -2.46. The Hall–Kier alpha value is -0.340. The Morgan fingerprint density at radius 2 is 1.89 bits per heavy atom. The summed E-state index contributed by atoms with van der Waals surface area (Å²) in [6.45, 7) is 6.04. The highest BCUT2D eigenvalue weighted by Crippen LogP contribution is 2.44. The van der Waals surface area contributed by atoms with E-state index >= 15 is 0 Å². The third kappa shape index (κ3) is 2.37. The first-order valence-corrected chi connectivity index (χ1v) is 7.96. The van der Waals surface area contributed by atoms with E-state index in [0.717, 1.165) is 17.5 Å². The van der Waals surface area contributed by atoms with Gasteiger partial charge >= 0.3 is 0 Å². The molecule has 0 bridgehead atoms. The van der Waals surface area contributed by atoms with Crippen molar-refractivity contribution in [2.45, 2.75) is 64.0 Å². The van der Waals surface area contributed by atoms with Crippen LogP contribution in [0.15, 0.2) is 12.2 Å². The first kappa shape index (κ1) is 12.7. The minimum Gasteiger partial charge on any atom is -0.317 e. The van der Waals surface area contributed by atoms with E-state index in [1.165, 1.54) is 64.6 Å². The van der Waals surface area contributed by atoms with Gasteiger partial charge in [0.25, 0.3) is 0 Å². The van der Waals surface area contributed by atoms with Gasteiger partial charge in [0.1, 0.15) is 0 Å². The van der Waals surface area contributed by atoms with Crippen LogP contribution >= 0.6 is 0 Å². The van der Waals surface area contributed by atoms with Gasteiger partial charge in [-0.05, 0) is 63.5 Å². The maximum Gasteiger partial charge on any atom is 0.0282 e. The highest BCUT2D eigenvalue weighted by Gasteiger charge is 2.38. The fourth-order valence-corrected chi connectivity index (χ4v) is 4.38. The smallest absolute Gasteiger partial charge is 0.0282 e. The Morgan fingerprint density at radius 1 is 1.17 bits per heavy atom. The molecule has 0 radical (unpaired) electrons. The normalized spacial score (nSPS) is 33.3. The molecule has 1 saturated carbocycles. The number of piperidine rings is 1. The van der Waals surface area contributed by atoms with Crippen LogP contribution in [0.2, 0.25) is 0 Å². The van der Waals surface area contributed by atoms with E-state index in [1.54, 1.807) is 0 Å². The molecule has 2 heterocycles. The van der Waals surface area contributed by atoms with E-state index in [0.29, 0.717) is 0 Å². The molecule has 3 rings (SSSR count). The van der Waals surface area contributed by atoms with Gasteiger partial charge in [-0.3, -0.25) is 4.90 Å². The van der Waals surface area contributed by atoms with E-state index in [-0.39, 0.29) is 0 Å². The molecule has 0 aromatic heterocycles. The number of nitrogens with zero attached hydrogens (tertiary/aromatic N) is 1. The molecule has 2 aliphatic heterocycles. The largest absolute Gasteiger partial charge is 0.317 e. The van der Waals surface area contributed by atoms with Gasteiger partial charge in [-0.2, -0.15) is 0 Å². The molecular formula is C16H28N2. The minimum atomic E-state index is 0.719. The van der Waals surface area contributed by atoms with Gasteiger partial charge in [0.2, 0.25) is 0 Å². The lowest BCUT2D eigenvalue weighted by Gasteiger charge is -2.46. The standard InChI is InChI=1S/C16H28N2/c1-2-14-4-3-13-18(14)15-5-7-16(8-6-15)9-11-17-12-10-16/h3-4,14-15,17H,2,5-13H2,1H3. The zero-order valence-electron chi connectivity index (χ0n) is 11.8. The number of hydrogen-bond donors (Lipinski definition) is 1. The van der Waals surface area contributed by atoms with Crippen molar-refractivity contribution in [2.24, 2.45) is 5.41 Å². The van der Waals surface area contributed by atoms with Crippen LogP contribution < -0.4 is 5.32 Å². The second-order valence-electron chi connectivity index (χ2n) is 6.58. The summed E-state index contributed by atoms with van der Waals surface area (Å²) in [5.41, 5.74) is 0.719. The predicted octanol–water partition coefficient (Wildman–Crippen LogP) is 2.95. The maximum atomic E-state index is 3.52. The van der Waals surface area contributed by atoms with Crippen LogP contribution in [0.25, 0.3) is 0 Å². The molecule has 1 spiro atoms. The fraction of sp³-hybridized carbons (Fsp3) is 0.875. The molecule has 18 heavy (non-hydrogen) atoms. The maximum absolute atomic E-state index is 3.52. The molecule has 1 saturated heterocycles. The molecule has 2 heteroatoms. The average Bonchev–Trinajstić information content (AvgIpc) is 2.89. The number of rotatable bonds is 2. The zero-order chi connectivity index (χ0) is 12.4. The summed E-state index contributed by atoms with van der Waals surface area (Å²) >= 11 is 0. The van der Waals surface area contributed by atoms with Crippen LogP contribution in [0.4, 0.5) is 0 Å². The van der Waals surface area contributed by atoms with E-state index < -0.39 is 0 Å². The summed E-state index contributed by atoms with van der Waals surface area (Å²) in [5.74, 6) is 0. The second-order valence-corrected chi connectivity index (χ2v) is 6.58. The summed E-state index contributed by atoms with van der Waals surface area (Å²) in [6.07, 6.45) is 14.8. The Bertz CT molecular complexity index is 294. The minimum absolute atomic E-state index is 0.719. The molecule has 1 atom stereocenters. The first-order chi connectivity index (χ1) is 8.83. The van der Waals surface area contributed by atoms with Crippen LogP contribution in [0.5, 0.6) is 0 Å². The highest BCUT2D eigenvalue weighted by molar-refractivity contribution is 5.06. The van der Waals surface area contributed by atoms with Gasteiger partial charge < -0.3 is 5.32 Å². The van der Waals surface area contributed by atoms with E-state index in [2.05, 4.69) is 29.3 Å². The monoisotopic (exact) mass is 248 g/mol. The molecule has 0 aromatic carbocycles. The summed E-state index contributed by atoms with van der Waals surface area (Å²) in [4.78, 5) is 2.76. The average molecular weight is 248 g/mol. The quantitative estimate of drug-likeness (QED) is 0.756. The summed E-state index contributed by atoms with van der Waals surface area (Å²) in [7, 11) is 0. The van der Waals surface area contributed by atoms with Gasteiger partial charge in [0.05, 0.1) is 0 Å². The van der Waals surface area contributed by atoms with Gasteiger partial charge in [-0.25, -0.2) is 0 Å². The van der Waals surface area contributed by atoms with Crippen molar-refractivity contribution in [3.63, 3.8) is 0 Å². The van der Waals surface area contributed by atoms with E-state index in [4.69, 9.17) is 0 Å². The van der Waals surface area contributed by atoms with Crippen molar-refractivity contribution in [2.75, 3.05) is 19.6 Å². The Balaban J connectivity index is 1.56. The van der Waals surface area contributed by atoms with Crippen LogP contribution in [0.1, 0.15) is 51.9 Å². The summed E-state index contributed by atoms with van der Waals surface area (Å²) < 4.78 is 0. The molecule has 3 aliphatic rings. The van der Waals surface area contributed by atoms with Gasteiger partial charge in [-0.15, -0.1) is 0 Å². The van der Waals surface area contributed by atoms with Gasteiger partial charge in [0, 0.05) is 18.6 Å². The first-order valence-electron chi connectivity index (χ1n) is 7.96. The SMILES string of the molecule is CCC1C=CCN1C1CCC2(CCNCC2)CC1. The lowest BCUT2D eigenvalue weighted by molar-refractivity contribution is 0.0627. The van der Waals surface area contributed by atoms with Crippen LogP contribution in [0.3, 0.4) is 0 Å². The molecule has 102 valence electrons. The molecule has 2 nitrogen and oxygen atoms in total. The summed E-state index contributed by atoms with van der Waals surface area (Å²) in [5, 5.41) is 3.52. The van der Waals surface area contributed by atoms with Crippen molar-refractivity contribution in [1.29, 1.82) is 0 Å². The summed E-state index contributed by atoms with van der Waals surface area (Å²) in [6, 6.07) is 1.60. The molecular weight excluding hydrogens is 220 g/mol. The molecule has 2 fully saturated rings. The lowest BCUT2D eigenvalue weighted by atomic mass is 9.67. The van der Waals surface area contributed by atoms with Crippen LogP contribution in [-0.2, 0) is 0 Å². The van der Waals surface area contributed by atoms with Crippen molar-refractivity contribution in [3.05, 3.63) is 12.2 Å². The topological polar surface area (TPSA) is 15.3 Å². The van der Waals surface area contributed by atoms with Gasteiger partial charge in [-0.1, -0.05) is 19.1 Å². The van der Waals surface area contributed by atoms with E-state index in [9.17, 15) is 0 Å². The predicted molar refractivity (Wildman–Crippen MR) is 76.7 cm³/mol. The van der Waals surface area contributed by atoms with Crippen molar-refractivity contribution in [1.82, 2.24) is 10.2 Å². The highest BCUT2D eigenvalue weighted by atomic mass is 15.2. The third-order valence-corrected chi connectivity index (χ3v) is 5.67. The second kappa shape index (κ2) is 5.34. The molecule has 1 unspecified atom stereocenters. The molecule has 1 aliphatic carbocycles. The molecule has 1 N–H and O–H groups in total. The van der Waals surface area contributed by atoms with Crippen LogP contribution in [-0.4, -0.2) is 36.6 Å². The van der Waals surface area contributed by atoms with Gasteiger partial charge in [0.15, 0.2) is 0 Å². The Labute approximate surface area is 112 Å². The molecule has 0 aromatic rings. The Morgan fingerprint density at radius 3 is 2.56 bits per heavy atom. The van der Waals surface area contributed by atoms with Crippen molar-refractivity contribution < 1.29 is 0 Å². The Kier molecular flexibility index (Phi) is 3.76. The van der Waals surface area contributed by atoms with Crippen molar-refractivity contribution >= 4 is 0 Å². The third-order valence-electron chi connectivity index (χ3n) is 5.67. The zero-order valence-corrected chi connectivity index (χ0v) is 11.8.